The minimum absolute atomic E-state index is 0.0398. The second kappa shape index (κ2) is 6.03. The van der Waals surface area contributed by atoms with E-state index in [1.165, 1.54) is 0 Å². The van der Waals surface area contributed by atoms with Crippen LogP contribution in [0.4, 0.5) is 0 Å². The normalized spacial score (nSPS) is 17.2. The maximum absolute atomic E-state index is 13.0. The fraction of sp³-hybridized carbons (Fsp3) is 0.333. The molecule has 1 aliphatic heterocycles. The number of fused-ring (bicyclic) bond motifs is 2. The summed E-state index contributed by atoms with van der Waals surface area (Å²) < 4.78 is 8.54. The number of nitrogens with zero attached hydrogens (tertiary/aromatic N) is 3. The molecule has 1 atom stereocenters. The Hall–Kier alpha value is -2.18. The molecule has 0 spiro atoms. The van der Waals surface area contributed by atoms with Gasteiger partial charge in [0, 0.05) is 24.9 Å². The van der Waals surface area contributed by atoms with Crippen molar-refractivity contribution in [1.29, 1.82) is 0 Å². The zero-order valence-electron chi connectivity index (χ0n) is 13.7. The number of benzene rings is 1. The van der Waals surface area contributed by atoms with Crippen molar-refractivity contribution in [3.05, 3.63) is 52.9 Å². The first-order valence-corrected chi connectivity index (χ1v) is 8.83. The smallest absolute Gasteiger partial charge is 0.264 e. The molecule has 3 heterocycles. The monoisotopic (exact) mass is 341 g/mol. The Balaban J connectivity index is 1.63. The first kappa shape index (κ1) is 15.4. The minimum atomic E-state index is -0.0398. The number of rotatable bonds is 3. The summed E-state index contributed by atoms with van der Waals surface area (Å²) in [6.45, 7) is 4.03. The Morgan fingerprint density at radius 1 is 1.38 bits per heavy atom. The number of methoxy groups -OCH3 is 1. The molecule has 6 heteroatoms. The summed E-state index contributed by atoms with van der Waals surface area (Å²) >= 11 is 1.56. The molecule has 5 nitrogen and oxygen atoms in total. The van der Waals surface area contributed by atoms with E-state index >= 15 is 0 Å². The number of ether oxygens (including phenoxy) is 1. The summed E-state index contributed by atoms with van der Waals surface area (Å²) in [5.41, 5.74) is 1.06. The maximum Gasteiger partial charge on any atom is 0.264 e. The van der Waals surface area contributed by atoms with Gasteiger partial charge in [0.15, 0.2) is 0 Å². The van der Waals surface area contributed by atoms with Crippen LogP contribution in [-0.2, 0) is 17.9 Å². The molecule has 1 unspecified atom stereocenters. The first-order valence-electron chi connectivity index (χ1n) is 8.02. The van der Waals surface area contributed by atoms with E-state index in [1.807, 2.05) is 42.3 Å². The molecule has 1 aliphatic rings. The van der Waals surface area contributed by atoms with Gasteiger partial charge in [0.2, 0.25) is 0 Å². The maximum atomic E-state index is 13.0. The summed E-state index contributed by atoms with van der Waals surface area (Å²) in [6.07, 6.45) is 1.85. The number of amides is 1. The molecule has 0 bridgehead atoms. The number of carbonyl (C=O) groups excluding carboxylic acids is 1. The van der Waals surface area contributed by atoms with Gasteiger partial charge in [0.05, 0.1) is 29.4 Å². The van der Waals surface area contributed by atoms with E-state index in [2.05, 4.69) is 15.6 Å². The van der Waals surface area contributed by atoms with Crippen LogP contribution in [0.3, 0.4) is 0 Å². The second-order valence-electron chi connectivity index (χ2n) is 6.02. The lowest BCUT2D eigenvalue weighted by atomic mass is 10.2. The van der Waals surface area contributed by atoms with Gasteiger partial charge in [-0.05, 0) is 24.4 Å². The number of carbonyl (C=O) groups is 1. The molecule has 0 fully saturated rings. The van der Waals surface area contributed by atoms with E-state index in [-0.39, 0.29) is 11.9 Å². The van der Waals surface area contributed by atoms with E-state index in [0.717, 1.165) is 33.0 Å². The summed E-state index contributed by atoms with van der Waals surface area (Å²) in [5.74, 6) is 1.02. The predicted molar refractivity (Wildman–Crippen MR) is 94.2 cm³/mol. The van der Waals surface area contributed by atoms with Gasteiger partial charge in [-0.3, -0.25) is 4.79 Å². The van der Waals surface area contributed by atoms with Gasteiger partial charge in [-0.1, -0.05) is 18.2 Å². The van der Waals surface area contributed by atoms with Crippen LogP contribution in [0.2, 0.25) is 0 Å². The van der Waals surface area contributed by atoms with Crippen LogP contribution in [0, 0.1) is 0 Å². The van der Waals surface area contributed by atoms with Crippen molar-refractivity contribution >= 4 is 27.3 Å². The Bertz CT molecular complexity index is 866. The van der Waals surface area contributed by atoms with Gasteiger partial charge < -0.3 is 14.2 Å². The van der Waals surface area contributed by atoms with Crippen molar-refractivity contribution in [3.63, 3.8) is 0 Å². The quantitative estimate of drug-likeness (QED) is 0.733. The van der Waals surface area contributed by atoms with Crippen molar-refractivity contribution in [3.8, 4) is 0 Å². The van der Waals surface area contributed by atoms with Crippen molar-refractivity contribution in [2.75, 3.05) is 13.7 Å². The van der Waals surface area contributed by atoms with Crippen molar-refractivity contribution in [2.45, 2.75) is 26.1 Å². The Morgan fingerprint density at radius 3 is 3.00 bits per heavy atom. The van der Waals surface area contributed by atoms with E-state index < -0.39 is 0 Å². The van der Waals surface area contributed by atoms with Gasteiger partial charge in [0.1, 0.15) is 5.82 Å². The molecular weight excluding hydrogens is 322 g/mol. The van der Waals surface area contributed by atoms with Crippen molar-refractivity contribution in [1.82, 2.24) is 14.5 Å². The number of hydrogen-bond donors (Lipinski definition) is 0. The third kappa shape index (κ3) is 2.42. The van der Waals surface area contributed by atoms with Crippen LogP contribution >= 0.6 is 11.3 Å². The summed E-state index contributed by atoms with van der Waals surface area (Å²) in [5, 5.41) is 1.12. The van der Waals surface area contributed by atoms with Crippen LogP contribution in [0.1, 0.15) is 34.2 Å². The SMILES string of the molecule is COCc1cnc2n1CCN(C(=O)c1cc3ccccc3s1)C2C. The molecule has 3 aromatic rings. The van der Waals surface area contributed by atoms with Gasteiger partial charge in [-0.2, -0.15) is 0 Å². The number of hydrogen-bond acceptors (Lipinski definition) is 4. The fourth-order valence-electron chi connectivity index (χ4n) is 3.33. The van der Waals surface area contributed by atoms with Gasteiger partial charge in [0.25, 0.3) is 5.91 Å². The van der Waals surface area contributed by atoms with E-state index in [1.54, 1.807) is 18.4 Å². The van der Waals surface area contributed by atoms with Crippen LogP contribution in [0.5, 0.6) is 0 Å². The minimum Gasteiger partial charge on any atom is -0.378 e. The second-order valence-corrected chi connectivity index (χ2v) is 7.10. The molecule has 1 aromatic carbocycles. The van der Waals surface area contributed by atoms with Crippen molar-refractivity contribution < 1.29 is 9.53 Å². The average Bonchev–Trinajstić information content (AvgIpc) is 3.20. The van der Waals surface area contributed by atoms with E-state index in [0.29, 0.717) is 13.2 Å². The largest absolute Gasteiger partial charge is 0.378 e. The van der Waals surface area contributed by atoms with Crippen molar-refractivity contribution in [2.24, 2.45) is 0 Å². The molecule has 0 aliphatic carbocycles. The Labute approximate surface area is 144 Å². The summed E-state index contributed by atoms with van der Waals surface area (Å²) in [6, 6.07) is 10.1. The summed E-state index contributed by atoms with van der Waals surface area (Å²) in [7, 11) is 1.68. The fourth-order valence-corrected chi connectivity index (χ4v) is 4.35. The number of thiophene rings is 1. The molecule has 0 saturated heterocycles. The lowest BCUT2D eigenvalue weighted by Gasteiger charge is -2.34. The Morgan fingerprint density at radius 2 is 2.21 bits per heavy atom. The van der Waals surface area contributed by atoms with Gasteiger partial charge >= 0.3 is 0 Å². The molecule has 0 N–H and O–H groups in total. The zero-order chi connectivity index (χ0) is 16.7. The van der Waals surface area contributed by atoms with Crippen LogP contribution in [0.25, 0.3) is 10.1 Å². The number of imidazole rings is 1. The zero-order valence-corrected chi connectivity index (χ0v) is 14.5. The molecular formula is C18H19N3O2S. The van der Waals surface area contributed by atoms with Crippen LogP contribution < -0.4 is 0 Å². The summed E-state index contributed by atoms with van der Waals surface area (Å²) in [4.78, 5) is 20.2. The average molecular weight is 341 g/mol. The topological polar surface area (TPSA) is 47.4 Å². The van der Waals surface area contributed by atoms with Gasteiger partial charge in [-0.15, -0.1) is 11.3 Å². The lowest BCUT2D eigenvalue weighted by Crippen LogP contribution is -2.41. The van der Waals surface area contributed by atoms with E-state index in [4.69, 9.17) is 4.74 Å². The van der Waals surface area contributed by atoms with E-state index in [9.17, 15) is 4.79 Å². The molecule has 24 heavy (non-hydrogen) atoms. The lowest BCUT2D eigenvalue weighted by molar-refractivity contribution is 0.0637. The standard InChI is InChI=1S/C18H19N3O2S/c1-12-17-19-10-14(11-23-2)21(17)8-7-20(12)18(22)16-9-13-5-3-4-6-15(13)24-16/h3-6,9-10,12H,7-8,11H2,1-2H3. The van der Waals surface area contributed by atoms with Crippen LogP contribution in [0.15, 0.2) is 36.5 Å². The van der Waals surface area contributed by atoms with Crippen LogP contribution in [-0.4, -0.2) is 34.0 Å². The molecule has 1 amide bonds. The highest BCUT2D eigenvalue weighted by Gasteiger charge is 2.31. The number of aromatic nitrogens is 2. The molecule has 0 radical (unpaired) electrons. The predicted octanol–water partition coefficient (Wildman–Crippen LogP) is 3.46. The third-order valence-electron chi connectivity index (χ3n) is 4.56. The first-order chi connectivity index (χ1) is 11.7. The molecule has 2 aromatic heterocycles. The highest BCUT2D eigenvalue weighted by molar-refractivity contribution is 7.20. The third-order valence-corrected chi connectivity index (χ3v) is 5.67. The Kier molecular flexibility index (Phi) is 3.86. The molecule has 4 rings (SSSR count). The molecule has 0 saturated carbocycles. The highest BCUT2D eigenvalue weighted by atomic mass is 32.1. The highest BCUT2D eigenvalue weighted by Crippen LogP contribution is 2.31. The molecule has 124 valence electrons. The van der Waals surface area contributed by atoms with Gasteiger partial charge in [-0.25, -0.2) is 4.98 Å².